The maximum atomic E-state index is 13.2. The van der Waals surface area contributed by atoms with Crippen molar-refractivity contribution in [2.75, 3.05) is 24.3 Å². The Balaban J connectivity index is 1.74. The van der Waals surface area contributed by atoms with Crippen LogP contribution >= 0.6 is 11.6 Å². The van der Waals surface area contributed by atoms with E-state index in [0.29, 0.717) is 24.3 Å². The minimum atomic E-state index is -0.420. The van der Waals surface area contributed by atoms with E-state index < -0.39 is 5.56 Å². The number of nitrogens with one attached hydrogen (secondary N) is 1. The number of carbonyl (C=O) groups is 1. The van der Waals surface area contributed by atoms with Crippen molar-refractivity contribution < 1.29 is 9.18 Å². The van der Waals surface area contributed by atoms with Gasteiger partial charge in [-0.25, -0.2) is 4.39 Å². The standard InChI is InChI=1S/C22H18ClFN4O2/c23-9-20(29)27-12-16(13-27)26-21-17-3-1-2-4-19(17)28(22(30)18(21)10-25)11-14-5-7-15(24)8-6-14/h1-8,16,26H,9,11-13H2. The minimum Gasteiger partial charge on any atom is -0.377 e. The summed E-state index contributed by atoms with van der Waals surface area (Å²) in [5, 5.41) is 13.7. The largest absolute Gasteiger partial charge is 0.377 e. The molecule has 2 heterocycles. The third-order valence-electron chi connectivity index (χ3n) is 5.24. The van der Waals surface area contributed by atoms with Gasteiger partial charge in [-0.2, -0.15) is 5.26 Å². The summed E-state index contributed by atoms with van der Waals surface area (Å²) in [6, 6.07) is 15.2. The molecule has 8 heteroatoms. The van der Waals surface area contributed by atoms with E-state index in [1.165, 1.54) is 16.7 Å². The number of nitriles is 1. The maximum Gasteiger partial charge on any atom is 0.271 e. The topological polar surface area (TPSA) is 78.1 Å². The van der Waals surface area contributed by atoms with Crippen LogP contribution in [0.5, 0.6) is 0 Å². The predicted octanol–water partition coefficient (Wildman–Crippen LogP) is 2.92. The molecule has 6 nitrogen and oxygen atoms in total. The molecule has 0 radical (unpaired) electrons. The first-order chi connectivity index (χ1) is 14.5. The lowest BCUT2D eigenvalue weighted by atomic mass is 10.0. The number of alkyl halides is 1. The molecular formula is C22H18ClFN4O2. The van der Waals surface area contributed by atoms with E-state index in [4.69, 9.17) is 11.6 Å². The summed E-state index contributed by atoms with van der Waals surface area (Å²) in [6.45, 7) is 1.14. The van der Waals surface area contributed by atoms with Gasteiger partial charge in [-0.1, -0.05) is 30.3 Å². The van der Waals surface area contributed by atoms with Crippen LogP contribution < -0.4 is 10.9 Å². The Bertz CT molecular complexity index is 1210. The zero-order chi connectivity index (χ0) is 21.3. The van der Waals surface area contributed by atoms with Gasteiger partial charge in [-0.15, -0.1) is 11.6 Å². The number of amides is 1. The molecule has 152 valence electrons. The van der Waals surface area contributed by atoms with Gasteiger partial charge in [0.25, 0.3) is 5.56 Å². The van der Waals surface area contributed by atoms with E-state index in [9.17, 15) is 19.2 Å². The highest BCUT2D eigenvalue weighted by Gasteiger charge is 2.31. The number of carbonyl (C=O) groups excluding carboxylic acids is 1. The Hall–Kier alpha value is -3.37. The number of nitrogens with zero attached hydrogens (tertiary/aromatic N) is 3. The van der Waals surface area contributed by atoms with Crippen LogP contribution in [0.4, 0.5) is 10.1 Å². The third-order valence-corrected chi connectivity index (χ3v) is 5.46. The maximum absolute atomic E-state index is 13.2. The van der Waals surface area contributed by atoms with Gasteiger partial charge in [0.1, 0.15) is 23.3 Å². The Morgan fingerprint density at radius 3 is 2.57 bits per heavy atom. The number of benzene rings is 2. The molecular weight excluding hydrogens is 407 g/mol. The molecule has 1 amide bonds. The molecule has 2 aromatic carbocycles. The molecule has 30 heavy (non-hydrogen) atoms. The van der Waals surface area contributed by atoms with Crippen molar-refractivity contribution in [2.24, 2.45) is 0 Å². The van der Waals surface area contributed by atoms with Gasteiger partial charge < -0.3 is 14.8 Å². The molecule has 1 saturated heterocycles. The smallest absolute Gasteiger partial charge is 0.271 e. The number of rotatable bonds is 5. The number of halogens is 2. The summed E-state index contributed by atoms with van der Waals surface area (Å²) in [4.78, 5) is 26.4. The first-order valence-corrected chi connectivity index (χ1v) is 9.95. The fourth-order valence-electron chi connectivity index (χ4n) is 3.65. The molecule has 0 spiro atoms. The van der Waals surface area contributed by atoms with Crippen molar-refractivity contribution in [2.45, 2.75) is 12.6 Å². The zero-order valence-electron chi connectivity index (χ0n) is 15.9. The molecule has 0 saturated carbocycles. The first kappa shape index (κ1) is 19.9. The second-order valence-corrected chi connectivity index (χ2v) is 7.44. The molecule has 1 aliphatic heterocycles. The van der Waals surface area contributed by atoms with Gasteiger partial charge in [-0.3, -0.25) is 9.59 Å². The fraction of sp³-hybridized carbons (Fsp3) is 0.227. The quantitative estimate of drug-likeness (QED) is 0.639. The van der Waals surface area contributed by atoms with Gasteiger partial charge in [-0.05, 0) is 23.8 Å². The molecule has 0 unspecified atom stereocenters. The Morgan fingerprint density at radius 1 is 1.20 bits per heavy atom. The highest BCUT2D eigenvalue weighted by atomic mass is 35.5. The van der Waals surface area contributed by atoms with E-state index >= 15 is 0 Å². The van der Waals surface area contributed by atoms with E-state index in [-0.39, 0.29) is 35.8 Å². The monoisotopic (exact) mass is 424 g/mol. The summed E-state index contributed by atoms with van der Waals surface area (Å²) >= 11 is 5.59. The molecule has 0 atom stereocenters. The lowest BCUT2D eigenvalue weighted by Crippen LogP contribution is -2.57. The number of likely N-dealkylation sites (tertiary alicyclic amines) is 1. The van der Waals surface area contributed by atoms with Gasteiger partial charge in [0.2, 0.25) is 5.91 Å². The first-order valence-electron chi connectivity index (χ1n) is 9.42. The molecule has 0 bridgehead atoms. The van der Waals surface area contributed by atoms with Crippen molar-refractivity contribution in [1.82, 2.24) is 9.47 Å². The summed E-state index contributed by atoms with van der Waals surface area (Å²) < 4.78 is 14.8. The molecule has 1 fully saturated rings. The van der Waals surface area contributed by atoms with Crippen LogP contribution in [0.25, 0.3) is 10.9 Å². The summed E-state index contributed by atoms with van der Waals surface area (Å²) in [5.41, 5.74) is 1.48. The number of aromatic nitrogens is 1. The van der Waals surface area contributed by atoms with Crippen LogP contribution in [0, 0.1) is 17.1 Å². The van der Waals surface area contributed by atoms with E-state index in [1.807, 2.05) is 30.3 Å². The highest BCUT2D eigenvalue weighted by molar-refractivity contribution is 6.27. The van der Waals surface area contributed by atoms with Crippen molar-refractivity contribution >= 4 is 34.1 Å². The predicted molar refractivity (Wildman–Crippen MR) is 113 cm³/mol. The lowest BCUT2D eigenvalue weighted by Gasteiger charge is -2.40. The molecule has 4 rings (SSSR count). The lowest BCUT2D eigenvalue weighted by molar-refractivity contribution is -0.132. The van der Waals surface area contributed by atoms with Gasteiger partial charge in [0, 0.05) is 18.5 Å². The van der Waals surface area contributed by atoms with Crippen molar-refractivity contribution in [3.05, 3.63) is 75.8 Å². The second-order valence-electron chi connectivity index (χ2n) is 7.17. The Morgan fingerprint density at radius 2 is 1.90 bits per heavy atom. The van der Waals surface area contributed by atoms with Crippen LogP contribution in [-0.2, 0) is 11.3 Å². The number of fused-ring (bicyclic) bond motifs is 1. The van der Waals surface area contributed by atoms with Crippen molar-refractivity contribution in [3.63, 3.8) is 0 Å². The SMILES string of the molecule is N#Cc1c(NC2CN(C(=O)CCl)C2)c2ccccc2n(Cc2ccc(F)cc2)c1=O. The summed E-state index contributed by atoms with van der Waals surface area (Å²) in [7, 11) is 0. The molecule has 0 aliphatic carbocycles. The highest BCUT2D eigenvalue weighted by Crippen LogP contribution is 2.27. The molecule has 3 aromatic rings. The average molecular weight is 425 g/mol. The number of pyridine rings is 1. The van der Waals surface area contributed by atoms with Crippen LogP contribution in [0.1, 0.15) is 11.1 Å². The van der Waals surface area contributed by atoms with Crippen molar-refractivity contribution in [1.29, 1.82) is 5.26 Å². The van der Waals surface area contributed by atoms with Crippen LogP contribution in [0.2, 0.25) is 0 Å². The van der Waals surface area contributed by atoms with Crippen LogP contribution in [-0.4, -0.2) is 40.4 Å². The van der Waals surface area contributed by atoms with Crippen LogP contribution in [0.3, 0.4) is 0 Å². The van der Waals surface area contributed by atoms with Gasteiger partial charge >= 0.3 is 0 Å². The zero-order valence-corrected chi connectivity index (χ0v) is 16.7. The van der Waals surface area contributed by atoms with E-state index in [1.54, 1.807) is 17.0 Å². The number of hydrogen-bond donors (Lipinski definition) is 1. The number of para-hydroxylation sites is 1. The van der Waals surface area contributed by atoms with Gasteiger partial charge in [0.05, 0.1) is 23.8 Å². The molecule has 1 N–H and O–H groups in total. The number of hydrogen-bond acceptors (Lipinski definition) is 4. The van der Waals surface area contributed by atoms with Gasteiger partial charge in [0.15, 0.2) is 0 Å². The second kappa shape index (κ2) is 8.17. The minimum absolute atomic E-state index is 0.0120. The summed E-state index contributed by atoms with van der Waals surface area (Å²) in [6.07, 6.45) is 0. The Kier molecular flexibility index (Phi) is 5.42. The molecule has 1 aliphatic rings. The van der Waals surface area contributed by atoms with E-state index in [2.05, 4.69) is 5.32 Å². The summed E-state index contributed by atoms with van der Waals surface area (Å²) in [5.74, 6) is -0.566. The third kappa shape index (κ3) is 3.62. The fourth-order valence-corrected chi connectivity index (χ4v) is 3.82. The molecule has 1 aromatic heterocycles. The average Bonchev–Trinajstić information content (AvgIpc) is 2.73. The number of anilines is 1. The Labute approximate surface area is 177 Å². The van der Waals surface area contributed by atoms with Crippen molar-refractivity contribution in [3.8, 4) is 6.07 Å². The normalized spacial score (nSPS) is 13.7. The van der Waals surface area contributed by atoms with Crippen LogP contribution in [0.15, 0.2) is 53.3 Å². The van der Waals surface area contributed by atoms with E-state index in [0.717, 1.165) is 10.9 Å².